The van der Waals surface area contributed by atoms with E-state index in [1.54, 1.807) is 19.1 Å². The van der Waals surface area contributed by atoms with E-state index in [4.69, 9.17) is 5.73 Å². The third-order valence-corrected chi connectivity index (χ3v) is 5.42. The third-order valence-electron chi connectivity index (χ3n) is 3.64. The molecule has 2 N–H and O–H groups in total. The fourth-order valence-electron chi connectivity index (χ4n) is 2.48. The molecule has 20 heavy (non-hydrogen) atoms. The largest absolute Gasteiger partial charge is 0.366 e. The highest BCUT2D eigenvalue weighted by Gasteiger charge is 2.23. The molecule has 1 aromatic carbocycles. The lowest BCUT2D eigenvalue weighted by atomic mass is 10.1. The second kappa shape index (κ2) is 7.64. The molecule has 0 aliphatic rings. The van der Waals surface area contributed by atoms with Crippen LogP contribution in [0.3, 0.4) is 0 Å². The molecule has 0 saturated heterocycles. The van der Waals surface area contributed by atoms with E-state index in [1.807, 2.05) is 12.1 Å². The van der Waals surface area contributed by atoms with Crippen LogP contribution in [-0.4, -0.2) is 33.3 Å². The lowest BCUT2D eigenvalue weighted by molar-refractivity contribution is 0.553. The Labute approximate surface area is 122 Å². The normalized spacial score (nSPS) is 11.8. The molecule has 1 rings (SSSR count). The van der Waals surface area contributed by atoms with E-state index in [0.717, 1.165) is 18.5 Å². The van der Waals surface area contributed by atoms with Crippen molar-refractivity contribution in [1.29, 1.82) is 0 Å². The summed E-state index contributed by atoms with van der Waals surface area (Å²) in [5, 5.41) is 0. The van der Waals surface area contributed by atoms with E-state index in [9.17, 15) is 8.42 Å². The summed E-state index contributed by atoms with van der Waals surface area (Å²) in [5.74, 6) is 0.114. The van der Waals surface area contributed by atoms with Gasteiger partial charge < -0.3 is 10.6 Å². The van der Waals surface area contributed by atoms with Crippen LogP contribution in [0.25, 0.3) is 0 Å². The van der Waals surface area contributed by atoms with Crippen LogP contribution in [0.1, 0.15) is 33.6 Å². The first kappa shape index (κ1) is 17.0. The van der Waals surface area contributed by atoms with Crippen molar-refractivity contribution in [3.63, 3.8) is 0 Å². The number of rotatable bonds is 8. The molecule has 114 valence electrons. The second-order valence-electron chi connectivity index (χ2n) is 4.82. The number of nitrogens with zero attached hydrogens (tertiary/aromatic N) is 1. The van der Waals surface area contributed by atoms with Crippen LogP contribution < -0.4 is 10.6 Å². The Morgan fingerprint density at radius 2 is 1.75 bits per heavy atom. The first-order valence-corrected chi connectivity index (χ1v) is 8.95. The summed E-state index contributed by atoms with van der Waals surface area (Å²) in [6, 6.07) is 7.55. The molecular formula is C15H26N2O2S. The van der Waals surface area contributed by atoms with Crippen molar-refractivity contribution in [1.82, 2.24) is 0 Å². The smallest absolute Gasteiger partial charge is 0.180 e. The molecule has 0 radical (unpaired) electrons. The summed E-state index contributed by atoms with van der Waals surface area (Å²) in [7, 11) is -3.22. The molecule has 0 saturated carbocycles. The Balaban J connectivity index is 3.34. The number of benzene rings is 1. The second-order valence-corrected chi connectivity index (χ2v) is 7.07. The molecule has 4 nitrogen and oxygen atoms in total. The SMILES string of the molecule is CCC(CC)N(CCN)c1ccccc1S(=O)(=O)CC. The molecule has 0 aliphatic carbocycles. The van der Waals surface area contributed by atoms with Gasteiger partial charge in [0.1, 0.15) is 0 Å². The average Bonchev–Trinajstić information content (AvgIpc) is 2.47. The topological polar surface area (TPSA) is 63.4 Å². The molecular weight excluding hydrogens is 272 g/mol. The van der Waals surface area contributed by atoms with E-state index in [-0.39, 0.29) is 5.75 Å². The van der Waals surface area contributed by atoms with Gasteiger partial charge in [0.25, 0.3) is 0 Å². The lowest BCUT2D eigenvalue weighted by Crippen LogP contribution is -2.39. The van der Waals surface area contributed by atoms with Gasteiger partial charge in [-0.25, -0.2) is 8.42 Å². The molecule has 0 bridgehead atoms. The van der Waals surface area contributed by atoms with Crippen LogP contribution in [0.2, 0.25) is 0 Å². The van der Waals surface area contributed by atoms with E-state index in [1.165, 1.54) is 0 Å². The van der Waals surface area contributed by atoms with Crippen LogP contribution in [0.4, 0.5) is 5.69 Å². The highest BCUT2D eigenvalue weighted by molar-refractivity contribution is 7.91. The van der Waals surface area contributed by atoms with Gasteiger partial charge in [0.2, 0.25) is 0 Å². The number of sulfone groups is 1. The zero-order chi connectivity index (χ0) is 15.2. The maximum atomic E-state index is 12.3. The summed E-state index contributed by atoms with van der Waals surface area (Å²) in [5.41, 5.74) is 6.50. The Bertz CT molecular complexity index is 510. The van der Waals surface area contributed by atoms with Gasteiger partial charge >= 0.3 is 0 Å². The Hall–Kier alpha value is -1.07. The highest BCUT2D eigenvalue weighted by Crippen LogP contribution is 2.28. The number of para-hydroxylation sites is 1. The van der Waals surface area contributed by atoms with E-state index >= 15 is 0 Å². The molecule has 0 aromatic heterocycles. The van der Waals surface area contributed by atoms with Gasteiger partial charge in [0, 0.05) is 19.1 Å². The van der Waals surface area contributed by atoms with E-state index in [2.05, 4.69) is 18.7 Å². The summed E-state index contributed by atoms with van der Waals surface area (Å²) >= 11 is 0. The van der Waals surface area contributed by atoms with E-state index < -0.39 is 9.84 Å². The highest BCUT2D eigenvalue weighted by atomic mass is 32.2. The predicted octanol–water partition coefficient (Wildman–Crippen LogP) is 2.43. The van der Waals surface area contributed by atoms with Crippen LogP contribution in [0.5, 0.6) is 0 Å². The van der Waals surface area contributed by atoms with Gasteiger partial charge in [-0.1, -0.05) is 32.9 Å². The summed E-state index contributed by atoms with van der Waals surface area (Å²) in [6.45, 7) is 7.10. The van der Waals surface area contributed by atoms with Crippen molar-refractivity contribution >= 4 is 15.5 Å². The summed E-state index contributed by atoms with van der Waals surface area (Å²) in [6.07, 6.45) is 1.94. The third kappa shape index (κ3) is 3.73. The first-order valence-electron chi connectivity index (χ1n) is 7.30. The van der Waals surface area contributed by atoms with Crippen molar-refractivity contribution in [3.05, 3.63) is 24.3 Å². The minimum atomic E-state index is -3.22. The fraction of sp³-hybridized carbons (Fsp3) is 0.600. The van der Waals surface area contributed by atoms with Gasteiger partial charge in [-0.05, 0) is 25.0 Å². The maximum Gasteiger partial charge on any atom is 0.180 e. The number of hydrogen-bond donors (Lipinski definition) is 1. The predicted molar refractivity (Wildman–Crippen MR) is 84.9 cm³/mol. The van der Waals surface area contributed by atoms with Gasteiger partial charge in [0.15, 0.2) is 9.84 Å². The zero-order valence-corrected chi connectivity index (χ0v) is 13.5. The molecule has 0 spiro atoms. The van der Waals surface area contributed by atoms with Crippen LogP contribution in [0.15, 0.2) is 29.2 Å². The number of anilines is 1. The van der Waals surface area contributed by atoms with Gasteiger partial charge in [0.05, 0.1) is 16.3 Å². The zero-order valence-electron chi connectivity index (χ0n) is 12.7. The van der Waals surface area contributed by atoms with Crippen molar-refractivity contribution in [2.45, 2.75) is 44.6 Å². The average molecular weight is 298 g/mol. The molecule has 0 amide bonds. The number of hydrogen-bond acceptors (Lipinski definition) is 4. The lowest BCUT2D eigenvalue weighted by Gasteiger charge is -2.33. The standard InChI is InChI=1S/C15H26N2O2S/c1-4-13(5-2)17(12-11-16)14-9-7-8-10-15(14)20(18,19)6-3/h7-10,13H,4-6,11-12,16H2,1-3H3. The molecule has 0 atom stereocenters. The molecule has 0 unspecified atom stereocenters. The quantitative estimate of drug-likeness (QED) is 0.800. The van der Waals surface area contributed by atoms with Crippen molar-refractivity contribution in [2.24, 2.45) is 5.73 Å². The van der Waals surface area contributed by atoms with Crippen molar-refractivity contribution in [3.8, 4) is 0 Å². The van der Waals surface area contributed by atoms with Gasteiger partial charge in [-0.3, -0.25) is 0 Å². The Morgan fingerprint density at radius 1 is 1.15 bits per heavy atom. The van der Waals surface area contributed by atoms with Gasteiger partial charge in [-0.15, -0.1) is 0 Å². The Kier molecular flexibility index (Phi) is 6.49. The molecule has 5 heteroatoms. The Morgan fingerprint density at radius 3 is 2.25 bits per heavy atom. The van der Waals surface area contributed by atoms with Crippen molar-refractivity contribution < 1.29 is 8.42 Å². The number of nitrogens with two attached hydrogens (primary N) is 1. The van der Waals surface area contributed by atoms with Crippen LogP contribution in [-0.2, 0) is 9.84 Å². The van der Waals surface area contributed by atoms with E-state index in [0.29, 0.717) is 24.0 Å². The summed E-state index contributed by atoms with van der Waals surface area (Å²) in [4.78, 5) is 2.56. The van der Waals surface area contributed by atoms with Crippen molar-refractivity contribution in [2.75, 3.05) is 23.7 Å². The van der Waals surface area contributed by atoms with Gasteiger partial charge in [-0.2, -0.15) is 0 Å². The molecule has 0 heterocycles. The minimum absolute atomic E-state index is 0.114. The molecule has 0 fully saturated rings. The summed E-state index contributed by atoms with van der Waals surface area (Å²) < 4.78 is 24.5. The monoisotopic (exact) mass is 298 g/mol. The maximum absolute atomic E-state index is 12.3. The fourth-order valence-corrected chi connectivity index (χ4v) is 3.58. The first-order chi connectivity index (χ1) is 9.51. The molecule has 0 aliphatic heterocycles. The minimum Gasteiger partial charge on any atom is -0.366 e. The van der Waals surface area contributed by atoms with Crippen LogP contribution >= 0.6 is 0 Å². The molecule has 1 aromatic rings. The van der Waals surface area contributed by atoms with Crippen LogP contribution in [0, 0.1) is 0 Å².